The van der Waals surface area contributed by atoms with Crippen LogP contribution in [0.4, 0.5) is 16.6 Å². The summed E-state index contributed by atoms with van der Waals surface area (Å²) in [6, 6.07) is 9.36. The second-order valence-corrected chi connectivity index (χ2v) is 10.4. The number of anilines is 2. The normalized spacial score (nSPS) is 19.4. The molecule has 1 aromatic heterocycles. The Hall–Kier alpha value is -3.46. The molecule has 2 fully saturated rings. The van der Waals surface area contributed by atoms with Gasteiger partial charge in [0.25, 0.3) is 0 Å². The number of hydrogen-bond acceptors (Lipinski definition) is 7. The number of rotatable bonds is 10. The molecular weight excluding hydrogens is 480 g/mol. The minimum atomic E-state index is -0.373. The summed E-state index contributed by atoms with van der Waals surface area (Å²) in [4.78, 5) is 39.3. The van der Waals surface area contributed by atoms with Crippen LogP contribution < -0.4 is 10.2 Å². The van der Waals surface area contributed by atoms with Gasteiger partial charge in [0.05, 0.1) is 11.6 Å². The Bertz CT molecular complexity index is 1160. The van der Waals surface area contributed by atoms with Crippen LogP contribution in [0.5, 0.6) is 0 Å². The van der Waals surface area contributed by atoms with Gasteiger partial charge < -0.3 is 15.0 Å². The highest BCUT2D eigenvalue weighted by atomic mass is 16.6. The summed E-state index contributed by atoms with van der Waals surface area (Å²) in [5.74, 6) is 1.95. The molecule has 3 aliphatic rings. The molecule has 0 spiro atoms. The van der Waals surface area contributed by atoms with Crippen LogP contribution in [-0.2, 0) is 16.1 Å². The highest BCUT2D eigenvalue weighted by Crippen LogP contribution is 2.40. The molecule has 1 N–H and O–H groups in total. The molecule has 2 atom stereocenters. The fraction of sp³-hybridized carbons (Fsp3) is 0.517. The van der Waals surface area contributed by atoms with E-state index in [-0.39, 0.29) is 24.6 Å². The molecule has 2 aliphatic heterocycles. The first-order valence-corrected chi connectivity index (χ1v) is 13.8. The van der Waals surface area contributed by atoms with Crippen LogP contribution in [0, 0.1) is 5.92 Å². The minimum Gasteiger partial charge on any atom is -0.444 e. The van der Waals surface area contributed by atoms with Crippen molar-refractivity contribution < 1.29 is 14.3 Å². The van der Waals surface area contributed by atoms with Crippen molar-refractivity contribution in [1.29, 1.82) is 0 Å². The summed E-state index contributed by atoms with van der Waals surface area (Å²) in [7, 11) is 0. The largest absolute Gasteiger partial charge is 0.444 e. The first kappa shape index (κ1) is 26.2. The predicted octanol–water partition coefficient (Wildman–Crippen LogP) is 4.69. The summed E-state index contributed by atoms with van der Waals surface area (Å²) in [6.07, 6.45) is 7.45. The molecule has 2 amide bonds. The van der Waals surface area contributed by atoms with Crippen LogP contribution in [0.3, 0.4) is 0 Å². The predicted molar refractivity (Wildman–Crippen MR) is 147 cm³/mol. The lowest BCUT2D eigenvalue weighted by Crippen LogP contribution is -2.49. The van der Waals surface area contributed by atoms with Gasteiger partial charge in [-0.25, -0.2) is 9.78 Å². The van der Waals surface area contributed by atoms with Gasteiger partial charge in [0.15, 0.2) is 0 Å². The van der Waals surface area contributed by atoms with Gasteiger partial charge in [-0.1, -0.05) is 50.6 Å². The molecule has 0 unspecified atom stereocenters. The summed E-state index contributed by atoms with van der Waals surface area (Å²) >= 11 is 0. The molecule has 202 valence electrons. The summed E-state index contributed by atoms with van der Waals surface area (Å²) < 4.78 is 5.20. The van der Waals surface area contributed by atoms with E-state index in [4.69, 9.17) is 4.74 Å². The Labute approximate surface area is 224 Å². The number of hydrogen-bond donors (Lipinski definition) is 1. The SMILES string of the molecule is C=CC(=O)N1CCN([C@@H](CC2CC2)c2ccc([C@H](CC)Nc3ncc4c(n3)N(CC)C(=O)OC4)cc2)CC1. The standard InChI is InChI=1S/C29H38N6O3/c1-4-24(31-28-30-18-23-19-38-29(37)35(6-3)27(23)32-28)21-9-11-22(12-10-21)25(17-20-7-8-20)33-13-15-34(16-14-33)26(36)5-2/h5,9-12,18,20,24-25H,2,4,6-8,13-17,19H2,1,3H3,(H,30,31,32)/t24-,25-/m0/s1. The fourth-order valence-electron chi connectivity index (χ4n) is 5.46. The van der Waals surface area contributed by atoms with Crippen LogP contribution in [0.2, 0.25) is 0 Å². The monoisotopic (exact) mass is 518 g/mol. The Morgan fingerprint density at radius 3 is 2.50 bits per heavy atom. The zero-order valence-corrected chi connectivity index (χ0v) is 22.4. The highest BCUT2D eigenvalue weighted by Gasteiger charge is 2.32. The number of amides is 2. The second kappa shape index (κ2) is 11.5. The quantitative estimate of drug-likeness (QED) is 0.457. The van der Waals surface area contributed by atoms with E-state index in [1.807, 2.05) is 11.8 Å². The van der Waals surface area contributed by atoms with E-state index in [9.17, 15) is 9.59 Å². The van der Waals surface area contributed by atoms with E-state index < -0.39 is 0 Å². The maximum Gasteiger partial charge on any atom is 0.415 e. The van der Waals surface area contributed by atoms with Gasteiger partial charge in [0, 0.05) is 45.0 Å². The molecule has 9 heteroatoms. The third kappa shape index (κ3) is 5.67. The Balaban J connectivity index is 1.29. The Morgan fingerprint density at radius 2 is 1.87 bits per heavy atom. The van der Waals surface area contributed by atoms with Crippen molar-refractivity contribution in [2.24, 2.45) is 5.92 Å². The van der Waals surface area contributed by atoms with Crippen LogP contribution in [0.15, 0.2) is 43.1 Å². The number of nitrogens with one attached hydrogen (secondary N) is 1. The molecule has 38 heavy (non-hydrogen) atoms. The Morgan fingerprint density at radius 1 is 1.16 bits per heavy atom. The molecule has 1 aliphatic carbocycles. The first-order valence-electron chi connectivity index (χ1n) is 13.8. The van der Waals surface area contributed by atoms with Gasteiger partial charge in [-0.2, -0.15) is 4.98 Å². The van der Waals surface area contributed by atoms with Crippen molar-refractivity contribution in [2.45, 2.75) is 58.2 Å². The number of cyclic esters (lactones) is 1. The molecule has 1 saturated heterocycles. The van der Waals surface area contributed by atoms with Crippen molar-refractivity contribution in [3.8, 4) is 0 Å². The molecule has 3 heterocycles. The van der Waals surface area contributed by atoms with E-state index in [2.05, 4.69) is 58.0 Å². The zero-order valence-electron chi connectivity index (χ0n) is 22.4. The van der Waals surface area contributed by atoms with E-state index in [0.29, 0.717) is 24.4 Å². The lowest BCUT2D eigenvalue weighted by Gasteiger charge is -2.39. The van der Waals surface area contributed by atoms with Crippen LogP contribution in [0.25, 0.3) is 0 Å². The van der Waals surface area contributed by atoms with E-state index in [1.54, 1.807) is 6.20 Å². The Kier molecular flexibility index (Phi) is 7.93. The lowest BCUT2D eigenvalue weighted by molar-refractivity contribution is -0.128. The molecule has 9 nitrogen and oxygen atoms in total. The van der Waals surface area contributed by atoms with Gasteiger partial charge in [-0.3, -0.25) is 14.6 Å². The third-order valence-electron chi connectivity index (χ3n) is 7.92. The van der Waals surface area contributed by atoms with Gasteiger partial charge in [0.1, 0.15) is 12.4 Å². The summed E-state index contributed by atoms with van der Waals surface area (Å²) in [5, 5.41) is 3.47. The van der Waals surface area contributed by atoms with Gasteiger partial charge in [-0.15, -0.1) is 0 Å². The van der Waals surface area contributed by atoms with Crippen molar-refractivity contribution in [3.63, 3.8) is 0 Å². The topological polar surface area (TPSA) is 90.9 Å². The molecule has 0 radical (unpaired) electrons. The number of carbonyl (C=O) groups excluding carboxylic acids is 2. The lowest BCUT2D eigenvalue weighted by atomic mass is 9.95. The molecule has 1 saturated carbocycles. The smallest absolute Gasteiger partial charge is 0.415 e. The zero-order chi connectivity index (χ0) is 26.6. The summed E-state index contributed by atoms with van der Waals surface area (Å²) in [5.41, 5.74) is 3.32. The van der Waals surface area contributed by atoms with Crippen LogP contribution >= 0.6 is 0 Å². The van der Waals surface area contributed by atoms with Crippen molar-refractivity contribution in [2.75, 3.05) is 42.9 Å². The number of piperazine rings is 1. The van der Waals surface area contributed by atoms with Crippen LogP contribution in [-0.4, -0.2) is 64.5 Å². The van der Waals surface area contributed by atoms with Crippen molar-refractivity contribution in [3.05, 3.63) is 59.8 Å². The van der Waals surface area contributed by atoms with Crippen molar-refractivity contribution >= 4 is 23.8 Å². The number of fused-ring (bicyclic) bond motifs is 1. The van der Waals surface area contributed by atoms with Crippen LogP contribution in [0.1, 0.15) is 68.3 Å². The number of ether oxygens (including phenoxy) is 1. The molecule has 0 bridgehead atoms. The molecule has 2 aromatic rings. The van der Waals surface area contributed by atoms with Gasteiger partial charge >= 0.3 is 6.09 Å². The first-order chi connectivity index (χ1) is 18.5. The number of aromatic nitrogens is 2. The van der Waals surface area contributed by atoms with Gasteiger partial charge in [-0.05, 0) is 42.9 Å². The third-order valence-corrected chi connectivity index (χ3v) is 7.92. The molecular formula is C29H38N6O3. The van der Waals surface area contributed by atoms with E-state index >= 15 is 0 Å². The molecule has 5 rings (SSSR count). The highest BCUT2D eigenvalue weighted by molar-refractivity contribution is 5.89. The average Bonchev–Trinajstić information content (AvgIpc) is 3.79. The average molecular weight is 519 g/mol. The molecule has 1 aromatic carbocycles. The van der Waals surface area contributed by atoms with Crippen molar-refractivity contribution in [1.82, 2.24) is 19.8 Å². The second-order valence-electron chi connectivity index (χ2n) is 10.4. The maximum absolute atomic E-state index is 12.1. The minimum absolute atomic E-state index is 0.0242. The number of carbonyl (C=O) groups is 2. The number of nitrogens with zero attached hydrogens (tertiary/aromatic N) is 5. The van der Waals surface area contributed by atoms with E-state index in [0.717, 1.165) is 44.1 Å². The summed E-state index contributed by atoms with van der Waals surface area (Å²) in [6.45, 7) is 11.6. The maximum atomic E-state index is 12.1. The fourth-order valence-corrected chi connectivity index (χ4v) is 5.46. The van der Waals surface area contributed by atoms with E-state index in [1.165, 1.54) is 41.4 Å². The number of benzene rings is 1. The van der Waals surface area contributed by atoms with Gasteiger partial charge in [0.2, 0.25) is 11.9 Å².